The molecule has 0 aliphatic carbocycles. The Hall–Kier alpha value is -2.65. The van der Waals surface area contributed by atoms with Crippen LogP contribution in [0, 0.1) is 17.7 Å². The molecular formula is C15H14FN3O2. The van der Waals surface area contributed by atoms with Gasteiger partial charge in [-0.25, -0.2) is 4.39 Å². The van der Waals surface area contributed by atoms with Crippen LogP contribution < -0.4 is 5.32 Å². The zero-order valence-electron chi connectivity index (χ0n) is 11.4. The molecule has 2 rings (SSSR count). The van der Waals surface area contributed by atoms with Gasteiger partial charge in [0.2, 0.25) is 0 Å². The first-order valence-electron chi connectivity index (χ1n) is 6.30. The molecule has 108 valence electrons. The van der Waals surface area contributed by atoms with Crippen LogP contribution in [-0.2, 0) is 7.05 Å². The normalized spacial score (nSPS) is 9.86. The molecule has 0 atom stereocenters. The van der Waals surface area contributed by atoms with Crippen molar-refractivity contribution in [3.05, 3.63) is 47.5 Å². The van der Waals surface area contributed by atoms with Gasteiger partial charge in [-0.05, 0) is 24.3 Å². The lowest BCUT2D eigenvalue weighted by molar-refractivity contribution is 0.102. The van der Waals surface area contributed by atoms with Gasteiger partial charge in [0, 0.05) is 25.4 Å². The van der Waals surface area contributed by atoms with Crippen LogP contribution in [0.2, 0.25) is 0 Å². The summed E-state index contributed by atoms with van der Waals surface area (Å²) in [5, 5.41) is 15.3. The number of aliphatic hydroxyl groups is 1. The van der Waals surface area contributed by atoms with E-state index in [0.29, 0.717) is 5.69 Å². The predicted molar refractivity (Wildman–Crippen MR) is 76.1 cm³/mol. The molecule has 0 spiro atoms. The zero-order valence-corrected chi connectivity index (χ0v) is 11.4. The SMILES string of the molecule is Cn1ccc(C(=O)Nc2ccc(F)c(C#CCCO)c2)n1. The molecule has 0 saturated carbocycles. The van der Waals surface area contributed by atoms with E-state index < -0.39 is 5.82 Å². The molecule has 5 nitrogen and oxygen atoms in total. The molecule has 0 saturated heterocycles. The van der Waals surface area contributed by atoms with Crippen molar-refractivity contribution in [2.45, 2.75) is 6.42 Å². The number of halogens is 1. The molecule has 2 N–H and O–H groups in total. The molecule has 0 aliphatic heterocycles. The third kappa shape index (κ3) is 3.91. The number of nitrogens with one attached hydrogen (secondary N) is 1. The van der Waals surface area contributed by atoms with Crippen molar-refractivity contribution in [1.29, 1.82) is 0 Å². The molecule has 0 bridgehead atoms. The van der Waals surface area contributed by atoms with Gasteiger partial charge < -0.3 is 10.4 Å². The predicted octanol–water partition coefficient (Wildman–Crippen LogP) is 1.55. The van der Waals surface area contributed by atoms with Gasteiger partial charge in [0.1, 0.15) is 5.82 Å². The molecule has 1 amide bonds. The first-order chi connectivity index (χ1) is 10.1. The van der Waals surface area contributed by atoms with Crippen molar-refractivity contribution in [3.8, 4) is 11.8 Å². The number of aryl methyl sites for hydroxylation is 1. The Kier molecular flexibility index (Phi) is 4.69. The van der Waals surface area contributed by atoms with Crippen LogP contribution in [-0.4, -0.2) is 27.4 Å². The van der Waals surface area contributed by atoms with E-state index in [2.05, 4.69) is 22.3 Å². The average Bonchev–Trinajstić information content (AvgIpc) is 2.89. The molecular weight excluding hydrogens is 273 g/mol. The number of benzene rings is 1. The highest BCUT2D eigenvalue weighted by Crippen LogP contribution is 2.15. The molecule has 2 aromatic rings. The highest BCUT2D eigenvalue weighted by atomic mass is 19.1. The van der Waals surface area contributed by atoms with E-state index in [1.165, 1.54) is 22.9 Å². The maximum Gasteiger partial charge on any atom is 0.276 e. The number of carbonyl (C=O) groups excluding carboxylic acids is 1. The summed E-state index contributed by atoms with van der Waals surface area (Å²) in [6.07, 6.45) is 1.93. The van der Waals surface area contributed by atoms with Crippen LogP contribution in [0.1, 0.15) is 22.5 Å². The molecule has 6 heteroatoms. The van der Waals surface area contributed by atoms with Gasteiger partial charge in [0.15, 0.2) is 5.69 Å². The molecule has 0 fully saturated rings. The second-order valence-electron chi connectivity index (χ2n) is 4.30. The summed E-state index contributed by atoms with van der Waals surface area (Å²) in [7, 11) is 1.71. The first-order valence-corrected chi connectivity index (χ1v) is 6.30. The molecule has 0 radical (unpaired) electrons. The number of rotatable bonds is 3. The van der Waals surface area contributed by atoms with E-state index >= 15 is 0 Å². The molecule has 21 heavy (non-hydrogen) atoms. The summed E-state index contributed by atoms with van der Waals surface area (Å²) >= 11 is 0. The highest BCUT2D eigenvalue weighted by Gasteiger charge is 2.10. The van der Waals surface area contributed by atoms with Gasteiger partial charge in [0.25, 0.3) is 5.91 Å². The Morgan fingerprint density at radius 2 is 2.29 bits per heavy atom. The van der Waals surface area contributed by atoms with Crippen LogP contribution >= 0.6 is 0 Å². The van der Waals surface area contributed by atoms with Crippen LogP contribution in [0.4, 0.5) is 10.1 Å². The van der Waals surface area contributed by atoms with E-state index in [0.717, 1.165) is 0 Å². The summed E-state index contributed by atoms with van der Waals surface area (Å²) in [5.74, 6) is 4.40. The summed E-state index contributed by atoms with van der Waals surface area (Å²) in [6.45, 7) is -0.0786. The number of aliphatic hydroxyl groups excluding tert-OH is 1. The van der Waals surface area contributed by atoms with E-state index in [1.807, 2.05) is 0 Å². The van der Waals surface area contributed by atoms with Crippen molar-refractivity contribution in [2.75, 3.05) is 11.9 Å². The minimum atomic E-state index is -0.476. The second-order valence-corrected chi connectivity index (χ2v) is 4.30. The lowest BCUT2D eigenvalue weighted by Gasteiger charge is -2.04. The van der Waals surface area contributed by atoms with Crippen molar-refractivity contribution in [2.24, 2.45) is 7.05 Å². The van der Waals surface area contributed by atoms with Gasteiger partial charge >= 0.3 is 0 Å². The first kappa shape index (κ1) is 14.8. The van der Waals surface area contributed by atoms with Gasteiger partial charge in [0.05, 0.1) is 12.2 Å². The van der Waals surface area contributed by atoms with Crippen LogP contribution in [0.25, 0.3) is 0 Å². The number of carbonyl (C=O) groups is 1. The van der Waals surface area contributed by atoms with Gasteiger partial charge in [-0.15, -0.1) is 0 Å². The van der Waals surface area contributed by atoms with Gasteiger partial charge in [-0.2, -0.15) is 5.10 Å². The monoisotopic (exact) mass is 287 g/mol. The Morgan fingerprint density at radius 3 is 2.95 bits per heavy atom. The zero-order chi connectivity index (χ0) is 15.2. The van der Waals surface area contributed by atoms with E-state index in [-0.39, 0.29) is 30.2 Å². The topological polar surface area (TPSA) is 67.2 Å². The summed E-state index contributed by atoms with van der Waals surface area (Å²) in [4.78, 5) is 11.9. The van der Waals surface area contributed by atoms with Gasteiger partial charge in [-0.1, -0.05) is 11.8 Å². The Bertz CT molecular complexity index is 713. The summed E-state index contributed by atoms with van der Waals surface area (Å²) in [6, 6.07) is 5.71. The van der Waals surface area contributed by atoms with Crippen molar-refractivity contribution in [3.63, 3.8) is 0 Å². The van der Waals surface area contributed by atoms with Crippen molar-refractivity contribution in [1.82, 2.24) is 9.78 Å². The Labute approximate surface area is 121 Å². The third-order valence-corrected chi connectivity index (χ3v) is 2.63. The molecule has 0 aliphatic rings. The lowest BCUT2D eigenvalue weighted by Crippen LogP contribution is -2.13. The van der Waals surface area contributed by atoms with Crippen LogP contribution in [0.5, 0.6) is 0 Å². The largest absolute Gasteiger partial charge is 0.395 e. The number of aromatic nitrogens is 2. The standard InChI is InChI=1S/C15H14FN3O2/c1-19-8-7-14(18-19)15(21)17-12-5-6-13(16)11(10-12)4-2-3-9-20/h5-8,10,20H,3,9H2,1H3,(H,17,21). The molecule has 1 heterocycles. The lowest BCUT2D eigenvalue weighted by atomic mass is 10.2. The van der Waals surface area contributed by atoms with Crippen LogP contribution in [0.3, 0.4) is 0 Å². The third-order valence-electron chi connectivity index (χ3n) is 2.63. The smallest absolute Gasteiger partial charge is 0.276 e. The Balaban J connectivity index is 2.16. The van der Waals surface area contributed by atoms with Crippen molar-refractivity contribution < 1.29 is 14.3 Å². The Morgan fingerprint density at radius 1 is 1.48 bits per heavy atom. The quantitative estimate of drug-likeness (QED) is 0.842. The number of amides is 1. The fourth-order valence-electron chi connectivity index (χ4n) is 1.64. The molecule has 1 aromatic carbocycles. The molecule has 1 aromatic heterocycles. The van der Waals surface area contributed by atoms with Crippen molar-refractivity contribution >= 4 is 11.6 Å². The van der Waals surface area contributed by atoms with E-state index in [4.69, 9.17) is 5.11 Å². The second kappa shape index (κ2) is 6.68. The minimum absolute atomic E-state index is 0.0786. The summed E-state index contributed by atoms with van der Waals surface area (Å²) < 4.78 is 15.1. The number of hydrogen-bond donors (Lipinski definition) is 2. The number of anilines is 1. The number of hydrogen-bond acceptors (Lipinski definition) is 3. The van der Waals surface area contributed by atoms with E-state index in [1.54, 1.807) is 19.3 Å². The van der Waals surface area contributed by atoms with E-state index in [9.17, 15) is 9.18 Å². The maximum absolute atomic E-state index is 13.6. The fourth-order valence-corrected chi connectivity index (χ4v) is 1.64. The van der Waals surface area contributed by atoms with Crippen LogP contribution in [0.15, 0.2) is 30.5 Å². The number of nitrogens with zero attached hydrogens (tertiary/aromatic N) is 2. The fraction of sp³-hybridized carbons (Fsp3) is 0.200. The minimum Gasteiger partial charge on any atom is -0.395 e. The highest BCUT2D eigenvalue weighted by molar-refractivity contribution is 6.02. The molecule has 0 unspecified atom stereocenters. The summed E-state index contributed by atoms with van der Waals surface area (Å²) in [5.41, 5.74) is 0.873. The van der Waals surface area contributed by atoms with Gasteiger partial charge in [-0.3, -0.25) is 9.48 Å². The average molecular weight is 287 g/mol. The maximum atomic E-state index is 13.6.